The van der Waals surface area contributed by atoms with Crippen LogP contribution in [-0.2, 0) is 6.54 Å². The first-order valence-electron chi connectivity index (χ1n) is 3.46. The fourth-order valence-corrected chi connectivity index (χ4v) is 1.46. The molecule has 0 N–H and O–H groups in total. The van der Waals surface area contributed by atoms with Crippen molar-refractivity contribution >= 4 is 38.5 Å². The van der Waals surface area contributed by atoms with Crippen molar-refractivity contribution in [1.29, 1.82) is 0 Å². The molecule has 0 bridgehead atoms. The van der Waals surface area contributed by atoms with Gasteiger partial charge in [0.1, 0.15) is 0 Å². The molecule has 0 radical (unpaired) electrons. The van der Waals surface area contributed by atoms with Gasteiger partial charge in [-0.05, 0) is 28.5 Å². The van der Waals surface area contributed by atoms with E-state index >= 15 is 0 Å². The van der Waals surface area contributed by atoms with Crippen LogP contribution in [0, 0.1) is 9.49 Å². The molecule has 1 rings (SSSR count). The fourth-order valence-electron chi connectivity index (χ4n) is 0.806. The largest absolute Gasteiger partial charge is 0.271 e. The van der Waals surface area contributed by atoms with Crippen LogP contribution >= 0.6 is 38.5 Å². The van der Waals surface area contributed by atoms with E-state index in [2.05, 4.69) is 56.7 Å². The Hall–Kier alpha value is 0.420. The zero-order valence-corrected chi connectivity index (χ0v) is 10.0. The van der Waals surface area contributed by atoms with Gasteiger partial charge in [0.2, 0.25) is 0 Å². The summed E-state index contributed by atoms with van der Waals surface area (Å²) in [5.74, 6) is 0.644. The molecule has 0 aliphatic carbocycles. The minimum Gasteiger partial charge on any atom is -0.271 e. The van der Waals surface area contributed by atoms with Crippen molar-refractivity contribution in [2.45, 2.75) is 13.5 Å². The molecule has 0 spiro atoms. The molecule has 0 saturated heterocycles. The number of rotatable bonds is 3. The van der Waals surface area contributed by atoms with Crippen molar-refractivity contribution in [3.05, 3.63) is 16.0 Å². The summed E-state index contributed by atoms with van der Waals surface area (Å²) in [5, 5.41) is 5.22. The number of hydrogen-bond donors (Lipinski definition) is 0. The Bertz CT molecular complexity index is 224. The first-order valence-corrected chi connectivity index (χ1v) is 5.66. The van der Waals surface area contributed by atoms with E-state index in [1.165, 1.54) is 3.57 Å². The lowest BCUT2D eigenvalue weighted by molar-refractivity contribution is 0.491. The van der Waals surface area contributed by atoms with Crippen molar-refractivity contribution < 1.29 is 0 Å². The minimum absolute atomic E-state index is 0.644. The minimum atomic E-state index is 0.644. The van der Waals surface area contributed by atoms with Gasteiger partial charge in [0.25, 0.3) is 0 Å². The lowest BCUT2D eigenvalue weighted by Gasteiger charge is -2.06. The number of halogens is 2. The van der Waals surface area contributed by atoms with Crippen molar-refractivity contribution in [1.82, 2.24) is 9.78 Å². The Balaban J connectivity index is 2.50. The highest BCUT2D eigenvalue weighted by molar-refractivity contribution is 14.1. The summed E-state index contributed by atoms with van der Waals surface area (Å²) in [5.41, 5.74) is 0. The van der Waals surface area contributed by atoms with Gasteiger partial charge in [-0.25, -0.2) is 0 Å². The van der Waals surface area contributed by atoms with E-state index in [1.807, 2.05) is 10.9 Å². The molecular formula is C7H10BrIN2. The van der Waals surface area contributed by atoms with Crippen LogP contribution in [0.15, 0.2) is 12.4 Å². The lowest BCUT2D eigenvalue weighted by atomic mass is 10.2. The van der Waals surface area contributed by atoms with Gasteiger partial charge in [-0.15, -0.1) is 0 Å². The molecule has 4 heteroatoms. The maximum atomic E-state index is 4.19. The second kappa shape index (κ2) is 4.45. The Morgan fingerprint density at radius 3 is 3.00 bits per heavy atom. The Labute approximate surface area is 88.6 Å². The van der Waals surface area contributed by atoms with Gasteiger partial charge in [-0.1, -0.05) is 22.9 Å². The van der Waals surface area contributed by atoms with Gasteiger partial charge in [-0.2, -0.15) is 5.10 Å². The summed E-state index contributed by atoms with van der Waals surface area (Å²) < 4.78 is 3.18. The second-order valence-electron chi connectivity index (χ2n) is 2.64. The van der Waals surface area contributed by atoms with E-state index < -0.39 is 0 Å². The molecular weight excluding hydrogens is 319 g/mol. The predicted octanol–water partition coefficient (Wildman–Crippen LogP) is 2.52. The van der Waals surface area contributed by atoms with Crippen LogP contribution in [0.5, 0.6) is 0 Å². The van der Waals surface area contributed by atoms with Crippen LogP contribution < -0.4 is 0 Å². The molecule has 0 saturated carbocycles. The average molecular weight is 329 g/mol. The molecule has 1 atom stereocenters. The fraction of sp³-hybridized carbons (Fsp3) is 0.571. The van der Waals surface area contributed by atoms with E-state index in [1.54, 1.807) is 0 Å². The Kier molecular flexibility index (Phi) is 3.84. The molecule has 1 aromatic heterocycles. The lowest BCUT2D eigenvalue weighted by Crippen LogP contribution is -2.08. The molecule has 0 aromatic carbocycles. The molecule has 11 heavy (non-hydrogen) atoms. The molecule has 2 nitrogen and oxygen atoms in total. The molecule has 0 aliphatic rings. The van der Waals surface area contributed by atoms with Crippen molar-refractivity contribution in [3.63, 3.8) is 0 Å². The summed E-state index contributed by atoms with van der Waals surface area (Å²) in [6.45, 7) is 3.19. The number of aromatic nitrogens is 2. The van der Waals surface area contributed by atoms with E-state index in [0.717, 1.165) is 11.9 Å². The summed E-state index contributed by atoms with van der Waals surface area (Å²) in [6, 6.07) is 0. The van der Waals surface area contributed by atoms with E-state index in [0.29, 0.717) is 5.92 Å². The third-order valence-corrected chi connectivity index (χ3v) is 3.03. The van der Waals surface area contributed by atoms with Gasteiger partial charge in [0.15, 0.2) is 0 Å². The molecule has 0 fully saturated rings. The number of alkyl halides is 1. The standard InChI is InChI=1S/C7H10BrIN2/c1-6(2-8)4-11-5-7(9)3-10-11/h3,5-6H,2,4H2,1H3. The smallest absolute Gasteiger partial charge is 0.0623 e. The third kappa shape index (κ3) is 3.11. The number of nitrogens with zero attached hydrogens (tertiary/aromatic N) is 2. The van der Waals surface area contributed by atoms with Crippen molar-refractivity contribution in [3.8, 4) is 0 Å². The summed E-state index contributed by atoms with van der Waals surface area (Å²) in [6.07, 6.45) is 3.93. The van der Waals surface area contributed by atoms with Crippen LogP contribution in [0.1, 0.15) is 6.92 Å². The predicted molar refractivity (Wildman–Crippen MR) is 57.9 cm³/mol. The zero-order valence-electron chi connectivity index (χ0n) is 6.30. The highest BCUT2D eigenvalue weighted by atomic mass is 127. The Morgan fingerprint density at radius 1 is 1.82 bits per heavy atom. The monoisotopic (exact) mass is 328 g/mol. The maximum Gasteiger partial charge on any atom is 0.0623 e. The van der Waals surface area contributed by atoms with Crippen LogP contribution in [-0.4, -0.2) is 15.1 Å². The highest BCUT2D eigenvalue weighted by Gasteiger charge is 2.01. The first-order chi connectivity index (χ1) is 5.22. The van der Waals surface area contributed by atoms with Gasteiger partial charge in [0, 0.05) is 18.1 Å². The molecule has 1 aromatic rings. The molecule has 0 aliphatic heterocycles. The van der Waals surface area contributed by atoms with Crippen LogP contribution in [0.3, 0.4) is 0 Å². The van der Waals surface area contributed by atoms with Gasteiger partial charge in [-0.3, -0.25) is 4.68 Å². The second-order valence-corrected chi connectivity index (χ2v) is 4.53. The molecule has 1 unspecified atom stereocenters. The zero-order chi connectivity index (χ0) is 8.27. The topological polar surface area (TPSA) is 17.8 Å². The maximum absolute atomic E-state index is 4.19. The molecule has 0 amide bonds. The Morgan fingerprint density at radius 2 is 2.55 bits per heavy atom. The van der Waals surface area contributed by atoms with Crippen molar-refractivity contribution in [2.75, 3.05) is 5.33 Å². The van der Waals surface area contributed by atoms with E-state index in [4.69, 9.17) is 0 Å². The van der Waals surface area contributed by atoms with Crippen LogP contribution in [0.25, 0.3) is 0 Å². The summed E-state index contributed by atoms with van der Waals surface area (Å²) >= 11 is 5.70. The van der Waals surface area contributed by atoms with Crippen LogP contribution in [0.2, 0.25) is 0 Å². The van der Waals surface area contributed by atoms with E-state index in [-0.39, 0.29) is 0 Å². The quantitative estimate of drug-likeness (QED) is 0.616. The van der Waals surface area contributed by atoms with Gasteiger partial charge in [0.05, 0.1) is 9.77 Å². The third-order valence-electron chi connectivity index (χ3n) is 1.36. The van der Waals surface area contributed by atoms with Gasteiger partial charge >= 0.3 is 0 Å². The first kappa shape index (κ1) is 9.51. The SMILES string of the molecule is CC(CBr)Cn1cc(I)cn1. The van der Waals surface area contributed by atoms with Crippen molar-refractivity contribution in [2.24, 2.45) is 5.92 Å². The van der Waals surface area contributed by atoms with E-state index in [9.17, 15) is 0 Å². The molecule has 1 heterocycles. The summed E-state index contributed by atoms with van der Waals surface area (Å²) in [7, 11) is 0. The number of hydrogen-bond acceptors (Lipinski definition) is 1. The van der Waals surface area contributed by atoms with Gasteiger partial charge < -0.3 is 0 Å². The molecule has 62 valence electrons. The van der Waals surface area contributed by atoms with Crippen LogP contribution in [0.4, 0.5) is 0 Å². The summed E-state index contributed by atoms with van der Waals surface area (Å²) in [4.78, 5) is 0. The highest BCUT2D eigenvalue weighted by Crippen LogP contribution is 2.06. The average Bonchev–Trinajstić information content (AvgIpc) is 2.35. The normalized spacial score (nSPS) is 13.4.